The molecule has 0 saturated heterocycles. The number of phenols is 2. The van der Waals surface area contributed by atoms with Crippen LogP contribution in [0, 0.1) is 0 Å². The van der Waals surface area contributed by atoms with Crippen LogP contribution >= 0.6 is 0 Å². The van der Waals surface area contributed by atoms with Crippen molar-refractivity contribution in [2.24, 2.45) is 0 Å². The summed E-state index contributed by atoms with van der Waals surface area (Å²) < 4.78 is 0. The highest BCUT2D eigenvalue weighted by atomic mass is 16.3. The summed E-state index contributed by atoms with van der Waals surface area (Å²) in [4.78, 5) is 0. The van der Waals surface area contributed by atoms with Crippen molar-refractivity contribution in [3.8, 4) is 44.9 Å². The van der Waals surface area contributed by atoms with Gasteiger partial charge in [-0.3, -0.25) is 0 Å². The van der Waals surface area contributed by atoms with Gasteiger partial charge < -0.3 is 10.2 Å². The largest absolute Gasteiger partial charge is 0.507 e. The van der Waals surface area contributed by atoms with Gasteiger partial charge in [0, 0.05) is 22.3 Å². The highest BCUT2D eigenvalue weighted by molar-refractivity contribution is 6.14. The van der Waals surface area contributed by atoms with E-state index in [0.29, 0.717) is 11.1 Å². The lowest BCUT2D eigenvalue weighted by Crippen LogP contribution is -1.92. The first-order valence-corrected chi connectivity index (χ1v) is 11.3. The van der Waals surface area contributed by atoms with E-state index in [1.165, 1.54) is 0 Å². The van der Waals surface area contributed by atoms with Crippen LogP contribution < -0.4 is 0 Å². The lowest BCUT2D eigenvalue weighted by atomic mass is 9.85. The maximum absolute atomic E-state index is 11.8. The maximum Gasteiger partial charge on any atom is 0.132 e. The maximum atomic E-state index is 11.8. The van der Waals surface area contributed by atoms with E-state index >= 15 is 0 Å². The molecule has 0 unspecified atom stereocenters. The molecule has 0 spiro atoms. The Morgan fingerprint density at radius 1 is 0.412 bits per heavy atom. The van der Waals surface area contributed by atoms with E-state index in [9.17, 15) is 10.2 Å². The van der Waals surface area contributed by atoms with Crippen LogP contribution in [0.4, 0.5) is 0 Å². The van der Waals surface area contributed by atoms with E-state index in [0.717, 1.165) is 43.8 Å². The topological polar surface area (TPSA) is 40.5 Å². The molecule has 0 aliphatic heterocycles. The number of hydrogen-bond acceptors (Lipinski definition) is 2. The number of hydrogen-bond donors (Lipinski definition) is 2. The summed E-state index contributed by atoms with van der Waals surface area (Å²) in [6.07, 6.45) is 0. The number of para-hydroxylation sites is 1. The van der Waals surface area contributed by atoms with Crippen molar-refractivity contribution in [2.75, 3.05) is 0 Å². The number of aromatic hydroxyl groups is 2. The molecule has 2 heteroatoms. The molecule has 0 atom stereocenters. The van der Waals surface area contributed by atoms with Gasteiger partial charge in [-0.1, -0.05) is 109 Å². The number of fused-ring (bicyclic) bond motifs is 2. The molecule has 0 aliphatic carbocycles. The average Bonchev–Trinajstić information content (AvgIpc) is 2.89. The molecule has 6 aromatic rings. The normalized spacial score (nSPS) is 11.2. The van der Waals surface area contributed by atoms with Crippen molar-refractivity contribution in [2.45, 2.75) is 0 Å². The van der Waals surface area contributed by atoms with Gasteiger partial charge in [0.1, 0.15) is 11.5 Å². The van der Waals surface area contributed by atoms with E-state index in [1.807, 2.05) is 60.7 Å². The fraction of sp³-hybridized carbons (Fsp3) is 0. The molecular formula is C32H22O2. The van der Waals surface area contributed by atoms with Crippen molar-refractivity contribution in [1.82, 2.24) is 0 Å². The lowest BCUT2D eigenvalue weighted by molar-refractivity contribution is 0.470. The Balaban J connectivity index is 1.80. The van der Waals surface area contributed by atoms with Gasteiger partial charge in [0.05, 0.1) is 0 Å². The molecule has 6 rings (SSSR count). The highest BCUT2D eigenvalue weighted by Gasteiger charge is 2.21. The molecule has 0 saturated carbocycles. The number of rotatable bonds is 3. The Bertz CT molecular complexity index is 1670. The van der Waals surface area contributed by atoms with Crippen molar-refractivity contribution >= 4 is 21.5 Å². The monoisotopic (exact) mass is 438 g/mol. The molecule has 0 bridgehead atoms. The second-order valence-corrected chi connectivity index (χ2v) is 8.46. The van der Waals surface area contributed by atoms with Gasteiger partial charge in [0.15, 0.2) is 0 Å². The van der Waals surface area contributed by atoms with Crippen LogP contribution in [-0.4, -0.2) is 10.2 Å². The van der Waals surface area contributed by atoms with Gasteiger partial charge in [-0.15, -0.1) is 0 Å². The molecule has 0 radical (unpaired) electrons. The summed E-state index contributed by atoms with van der Waals surface area (Å²) >= 11 is 0. The standard InChI is InChI=1S/C32H22O2/c33-29-17-9-8-16-27(29)28-20-23-13-5-7-15-25(23)31(32(28)34)30-24-14-6-4-12-22(24)18-19-26(30)21-10-2-1-3-11-21/h1-20,33-34H. The Labute approximate surface area is 198 Å². The zero-order chi connectivity index (χ0) is 23.1. The Hall–Kier alpha value is -4.56. The van der Waals surface area contributed by atoms with Crippen LogP contribution in [0.5, 0.6) is 11.5 Å². The Morgan fingerprint density at radius 3 is 1.79 bits per heavy atom. The van der Waals surface area contributed by atoms with Crippen LogP contribution in [-0.2, 0) is 0 Å². The van der Waals surface area contributed by atoms with Gasteiger partial charge in [0.25, 0.3) is 0 Å². The quantitative estimate of drug-likeness (QED) is 0.291. The molecule has 6 aromatic carbocycles. The molecular weight excluding hydrogens is 416 g/mol. The summed E-state index contributed by atoms with van der Waals surface area (Å²) in [5.74, 6) is 0.300. The number of phenolic OH excluding ortho intramolecular Hbond substituents is 2. The molecule has 0 aliphatic rings. The van der Waals surface area contributed by atoms with Crippen LogP contribution in [0.25, 0.3) is 54.9 Å². The van der Waals surface area contributed by atoms with Crippen molar-refractivity contribution in [3.63, 3.8) is 0 Å². The van der Waals surface area contributed by atoms with E-state index in [4.69, 9.17) is 0 Å². The summed E-state index contributed by atoms with van der Waals surface area (Å²) in [5, 5.41) is 26.6. The second-order valence-electron chi connectivity index (χ2n) is 8.46. The predicted molar refractivity (Wildman–Crippen MR) is 141 cm³/mol. The third-order valence-electron chi connectivity index (χ3n) is 6.48. The van der Waals surface area contributed by atoms with E-state index in [-0.39, 0.29) is 11.5 Å². The average molecular weight is 439 g/mol. The smallest absolute Gasteiger partial charge is 0.132 e. The van der Waals surface area contributed by atoms with Crippen molar-refractivity contribution in [3.05, 3.63) is 121 Å². The summed E-state index contributed by atoms with van der Waals surface area (Å²) in [7, 11) is 0. The molecule has 0 heterocycles. The first-order valence-electron chi connectivity index (χ1n) is 11.3. The summed E-state index contributed by atoms with van der Waals surface area (Å²) in [5.41, 5.74) is 5.10. The fourth-order valence-electron chi connectivity index (χ4n) is 4.90. The van der Waals surface area contributed by atoms with E-state index in [2.05, 4.69) is 48.5 Å². The van der Waals surface area contributed by atoms with Crippen molar-refractivity contribution < 1.29 is 10.2 Å². The van der Waals surface area contributed by atoms with Gasteiger partial charge in [-0.05, 0) is 44.8 Å². The zero-order valence-electron chi connectivity index (χ0n) is 18.4. The molecule has 0 amide bonds. The molecule has 2 N–H and O–H groups in total. The van der Waals surface area contributed by atoms with E-state index < -0.39 is 0 Å². The van der Waals surface area contributed by atoms with Gasteiger partial charge in [0.2, 0.25) is 0 Å². The molecule has 34 heavy (non-hydrogen) atoms. The van der Waals surface area contributed by atoms with Crippen LogP contribution in [0.15, 0.2) is 121 Å². The van der Waals surface area contributed by atoms with Gasteiger partial charge in [-0.25, -0.2) is 0 Å². The minimum absolute atomic E-state index is 0.139. The zero-order valence-corrected chi connectivity index (χ0v) is 18.4. The summed E-state index contributed by atoms with van der Waals surface area (Å²) in [6.45, 7) is 0. The fourth-order valence-corrected chi connectivity index (χ4v) is 4.90. The SMILES string of the molecule is Oc1ccccc1-c1cc2ccccc2c(-c2c(-c3ccccc3)ccc3ccccc23)c1O. The minimum Gasteiger partial charge on any atom is -0.507 e. The van der Waals surface area contributed by atoms with Crippen LogP contribution in [0.3, 0.4) is 0 Å². The number of benzene rings is 6. The third kappa shape index (κ3) is 3.20. The van der Waals surface area contributed by atoms with Gasteiger partial charge in [-0.2, -0.15) is 0 Å². The van der Waals surface area contributed by atoms with Gasteiger partial charge >= 0.3 is 0 Å². The first kappa shape index (κ1) is 20.1. The Kier molecular flexibility index (Phi) is 4.78. The molecule has 162 valence electrons. The lowest BCUT2D eigenvalue weighted by Gasteiger charge is -2.20. The molecule has 2 nitrogen and oxygen atoms in total. The van der Waals surface area contributed by atoms with Crippen LogP contribution in [0.1, 0.15) is 0 Å². The molecule has 0 aromatic heterocycles. The first-order chi connectivity index (χ1) is 16.7. The predicted octanol–water partition coefficient (Wildman–Crippen LogP) is 8.41. The van der Waals surface area contributed by atoms with Crippen LogP contribution in [0.2, 0.25) is 0 Å². The second kappa shape index (κ2) is 8.09. The van der Waals surface area contributed by atoms with Crippen molar-refractivity contribution in [1.29, 1.82) is 0 Å². The molecule has 0 fully saturated rings. The highest BCUT2D eigenvalue weighted by Crippen LogP contribution is 2.49. The third-order valence-corrected chi connectivity index (χ3v) is 6.48. The van der Waals surface area contributed by atoms with E-state index in [1.54, 1.807) is 12.1 Å². The Morgan fingerprint density at radius 2 is 1.03 bits per heavy atom. The minimum atomic E-state index is 0.139. The summed E-state index contributed by atoms with van der Waals surface area (Å²) in [6, 6.07) is 40.0.